The Balaban J connectivity index is 1.64. The molecule has 148 valence electrons. The SMILES string of the molecule is COC(=O)c1ccccc1-n1ncc(N2CCC3(CCCC3)CC2)c(Cl)c1=O. The smallest absolute Gasteiger partial charge is 0.340 e. The predicted molar refractivity (Wildman–Crippen MR) is 109 cm³/mol. The van der Waals surface area contributed by atoms with Gasteiger partial charge in [0.1, 0.15) is 5.02 Å². The monoisotopic (exact) mass is 401 g/mol. The molecule has 1 spiro atoms. The van der Waals surface area contributed by atoms with Crippen molar-refractivity contribution in [3.8, 4) is 5.69 Å². The molecular formula is C21H24ClN3O3. The average Bonchev–Trinajstić information content (AvgIpc) is 3.18. The third kappa shape index (κ3) is 3.30. The highest BCUT2D eigenvalue weighted by molar-refractivity contribution is 6.33. The van der Waals surface area contributed by atoms with Gasteiger partial charge in [-0.15, -0.1) is 0 Å². The van der Waals surface area contributed by atoms with Crippen molar-refractivity contribution in [2.45, 2.75) is 38.5 Å². The Hall–Kier alpha value is -2.34. The normalized spacial score (nSPS) is 18.4. The van der Waals surface area contributed by atoms with Crippen molar-refractivity contribution in [3.63, 3.8) is 0 Å². The van der Waals surface area contributed by atoms with Gasteiger partial charge < -0.3 is 9.64 Å². The van der Waals surface area contributed by atoms with E-state index in [-0.39, 0.29) is 10.6 Å². The summed E-state index contributed by atoms with van der Waals surface area (Å²) in [5, 5.41) is 4.46. The molecule has 2 fully saturated rings. The topological polar surface area (TPSA) is 64.4 Å². The number of hydrogen-bond donors (Lipinski definition) is 0. The minimum absolute atomic E-state index is 0.136. The number of carbonyl (C=O) groups excluding carboxylic acids is 1. The number of carbonyl (C=O) groups is 1. The van der Waals surface area contributed by atoms with Crippen LogP contribution in [0.2, 0.25) is 5.02 Å². The number of piperidine rings is 1. The highest BCUT2D eigenvalue weighted by Gasteiger charge is 2.37. The van der Waals surface area contributed by atoms with Gasteiger partial charge in [0.15, 0.2) is 0 Å². The van der Waals surface area contributed by atoms with Crippen LogP contribution in [0.1, 0.15) is 48.9 Å². The van der Waals surface area contributed by atoms with Crippen LogP contribution >= 0.6 is 11.6 Å². The van der Waals surface area contributed by atoms with Gasteiger partial charge in [-0.2, -0.15) is 9.78 Å². The number of anilines is 1. The number of nitrogens with zero attached hydrogens (tertiary/aromatic N) is 3. The summed E-state index contributed by atoms with van der Waals surface area (Å²) in [6, 6.07) is 6.71. The quantitative estimate of drug-likeness (QED) is 0.731. The van der Waals surface area contributed by atoms with Crippen LogP contribution in [0.3, 0.4) is 0 Å². The molecule has 1 aromatic carbocycles. The Kier molecular flexibility index (Phi) is 5.15. The zero-order valence-corrected chi connectivity index (χ0v) is 16.7. The van der Waals surface area contributed by atoms with E-state index in [1.54, 1.807) is 30.5 Å². The van der Waals surface area contributed by atoms with Gasteiger partial charge in [-0.05, 0) is 43.2 Å². The molecule has 1 saturated carbocycles. The highest BCUT2D eigenvalue weighted by atomic mass is 35.5. The average molecular weight is 402 g/mol. The number of aromatic nitrogens is 2. The summed E-state index contributed by atoms with van der Waals surface area (Å²) in [6.07, 6.45) is 9.20. The maximum absolute atomic E-state index is 12.9. The molecule has 0 amide bonds. The lowest BCUT2D eigenvalue weighted by molar-refractivity contribution is 0.0600. The molecule has 1 aliphatic carbocycles. The fourth-order valence-electron chi connectivity index (χ4n) is 4.60. The number of rotatable bonds is 3. The van der Waals surface area contributed by atoms with E-state index in [9.17, 15) is 9.59 Å². The number of para-hydroxylation sites is 1. The summed E-state index contributed by atoms with van der Waals surface area (Å²) in [5.74, 6) is -0.526. The lowest BCUT2D eigenvalue weighted by Crippen LogP contribution is -2.40. The molecule has 2 heterocycles. The van der Waals surface area contributed by atoms with Crippen molar-refractivity contribution >= 4 is 23.3 Å². The van der Waals surface area contributed by atoms with Crippen LogP contribution in [0.15, 0.2) is 35.3 Å². The van der Waals surface area contributed by atoms with Gasteiger partial charge in [-0.1, -0.05) is 36.6 Å². The molecule has 0 unspecified atom stereocenters. The third-order valence-electron chi connectivity index (χ3n) is 6.27. The molecule has 28 heavy (non-hydrogen) atoms. The minimum atomic E-state index is -0.526. The van der Waals surface area contributed by atoms with E-state index in [0.717, 1.165) is 25.9 Å². The second-order valence-electron chi connectivity index (χ2n) is 7.76. The molecule has 6 nitrogen and oxygen atoms in total. The van der Waals surface area contributed by atoms with Crippen LogP contribution in [0.25, 0.3) is 5.69 Å². The molecule has 7 heteroatoms. The Labute approximate surface area is 169 Å². The molecular weight excluding hydrogens is 378 g/mol. The van der Waals surface area contributed by atoms with E-state index in [1.807, 2.05) is 0 Å². The molecule has 0 radical (unpaired) electrons. The first-order valence-corrected chi connectivity index (χ1v) is 10.1. The summed E-state index contributed by atoms with van der Waals surface area (Å²) in [7, 11) is 1.30. The molecule has 0 bridgehead atoms. The van der Waals surface area contributed by atoms with Crippen molar-refractivity contribution in [3.05, 3.63) is 51.4 Å². The summed E-state index contributed by atoms with van der Waals surface area (Å²) in [4.78, 5) is 27.1. The molecule has 0 atom stereocenters. The number of esters is 1. The van der Waals surface area contributed by atoms with Crippen LogP contribution in [0.4, 0.5) is 5.69 Å². The molecule has 2 aliphatic rings. The lowest BCUT2D eigenvalue weighted by Gasteiger charge is -2.40. The molecule has 4 rings (SSSR count). The van der Waals surface area contributed by atoms with Crippen molar-refractivity contribution < 1.29 is 9.53 Å². The molecule has 1 aromatic heterocycles. The van der Waals surface area contributed by atoms with Gasteiger partial charge in [0.25, 0.3) is 5.56 Å². The molecule has 1 saturated heterocycles. The fraction of sp³-hybridized carbons (Fsp3) is 0.476. The van der Waals surface area contributed by atoms with Gasteiger partial charge >= 0.3 is 5.97 Å². The summed E-state index contributed by atoms with van der Waals surface area (Å²) in [5.41, 5.74) is 1.36. The third-order valence-corrected chi connectivity index (χ3v) is 6.62. The van der Waals surface area contributed by atoms with Crippen molar-refractivity contribution in [2.75, 3.05) is 25.1 Å². The van der Waals surface area contributed by atoms with Gasteiger partial charge in [-0.25, -0.2) is 4.79 Å². The van der Waals surface area contributed by atoms with Crippen LogP contribution < -0.4 is 10.5 Å². The fourth-order valence-corrected chi connectivity index (χ4v) is 4.85. The first kappa shape index (κ1) is 19.0. The maximum atomic E-state index is 12.9. The highest BCUT2D eigenvalue weighted by Crippen LogP contribution is 2.46. The van der Waals surface area contributed by atoms with E-state index in [1.165, 1.54) is 37.5 Å². The number of halogens is 1. The van der Waals surface area contributed by atoms with Gasteiger partial charge in [0.2, 0.25) is 0 Å². The second kappa shape index (κ2) is 7.59. The standard InChI is InChI=1S/C21H24ClN3O3/c1-28-20(27)15-6-2-3-7-16(15)25-19(26)18(22)17(14-23-25)24-12-10-21(11-13-24)8-4-5-9-21/h2-3,6-7,14H,4-5,8-13H2,1H3. The van der Waals surface area contributed by atoms with E-state index >= 15 is 0 Å². The Bertz CT molecular complexity index is 940. The first-order valence-electron chi connectivity index (χ1n) is 9.75. The maximum Gasteiger partial charge on any atom is 0.340 e. The Morgan fingerprint density at radius 1 is 1.11 bits per heavy atom. The molecule has 0 N–H and O–H groups in total. The van der Waals surface area contributed by atoms with Crippen LogP contribution in [0.5, 0.6) is 0 Å². The van der Waals surface area contributed by atoms with E-state index < -0.39 is 11.5 Å². The Morgan fingerprint density at radius 2 is 1.79 bits per heavy atom. The van der Waals surface area contributed by atoms with Gasteiger partial charge in [0.05, 0.1) is 30.2 Å². The van der Waals surface area contributed by atoms with E-state index in [2.05, 4.69) is 10.00 Å². The van der Waals surface area contributed by atoms with Crippen LogP contribution in [0, 0.1) is 5.41 Å². The lowest BCUT2D eigenvalue weighted by atomic mass is 9.77. The van der Waals surface area contributed by atoms with Gasteiger partial charge in [-0.3, -0.25) is 4.79 Å². The van der Waals surface area contributed by atoms with Crippen molar-refractivity contribution in [1.29, 1.82) is 0 Å². The number of methoxy groups -OCH3 is 1. The van der Waals surface area contributed by atoms with Gasteiger partial charge in [0, 0.05) is 13.1 Å². The number of benzene rings is 1. The Morgan fingerprint density at radius 3 is 2.46 bits per heavy atom. The van der Waals surface area contributed by atoms with E-state index in [0.29, 0.717) is 16.8 Å². The summed E-state index contributed by atoms with van der Waals surface area (Å²) >= 11 is 6.47. The zero-order valence-electron chi connectivity index (χ0n) is 16.0. The summed E-state index contributed by atoms with van der Waals surface area (Å²) < 4.78 is 5.98. The minimum Gasteiger partial charge on any atom is -0.465 e. The largest absolute Gasteiger partial charge is 0.465 e. The van der Waals surface area contributed by atoms with Crippen molar-refractivity contribution in [1.82, 2.24) is 9.78 Å². The summed E-state index contributed by atoms with van der Waals surface area (Å²) in [6.45, 7) is 1.78. The number of ether oxygens (including phenoxy) is 1. The predicted octanol–water partition coefficient (Wildman–Crippen LogP) is 3.83. The second-order valence-corrected chi connectivity index (χ2v) is 8.14. The first-order chi connectivity index (χ1) is 13.5. The van der Waals surface area contributed by atoms with E-state index in [4.69, 9.17) is 16.3 Å². The molecule has 2 aromatic rings. The number of hydrogen-bond acceptors (Lipinski definition) is 5. The van der Waals surface area contributed by atoms with Crippen molar-refractivity contribution in [2.24, 2.45) is 5.41 Å². The van der Waals surface area contributed by atoms with Crippen LogP contribution in [-0.4, -0.2) is 35.9 Å². The molecule has 1 aliphatic heterocycles. The van der Waals surface area contributed by atoms with Crippen LogP contribution in [-0.2, 0) is 4.74 Å². The zero-order chi connectivity index (χ0) is 19.7.